The zero-order valence-corrected chi connectivity index (χ0v) is 50.6. The Balaban J connectivity index is 0.000000177. The van der Waals surface area contributed by atoms with E-state index in [0.29, 0.717) is 47.0 Å². The second kappa shape index (κ2) is 27.5. The zero-order chi connectivity index (χ0) is 59.5. The van der Waals surface area contributed by atoms with E-state index in [0.717, 1.165) is 107 Å². The number of nitrogens with one attached hydrogen (secondary N) is 4. The smallest absolute Gasteiger partial charge is 0.261 e. The number of ketones is 3. The van der Waals surface area contributed by atoms with Gasteiger partial charge in [0.05, 0.1) is 45.2 Å². The summed E-state index contributed by atoms with van der Waals surface area (Å²) in [6.07, 6.45) is 2.90. The fourth-order valence-electron chi connectivity index (χ4n) is 8.85. The van der Waals surface area contributed by atoms with E-state index in [-0.39, 0.29) is 64.6 Å². The number of thioether (sulfide) groups is 3. The molecule has 0 unspecified atom stereocenters. The molecule has 82 heavy (non-hydrogen) atoms. The number of carbonyl (C=O) groups is 6. The minimum absolute atomic E-state index is 0.0379. The number of benzene rings is 6. The van der Waals surface area contributed by atoms with Crippen molar-refractivity contribution >= 4 is 126 Å². The molecule has 6 aromatic carbocycles. The third kappa shape index (κ3) is 16.9. The van der Waals surface area contributed by atoms with Gasteiger partial charge < -0.3 is 15.0 Å². The molecule has 3 heterocycles. The molecule has 3 aliphatic heterocycles. The average Bonchev–Trinajstić information content (AvgIpc) is 3.80. The highest BCUT2D eigenvalue weighted by Crippen LogP contribution is 2.33. The topological polar surface area (TPSA) is 265 Å². The lowest BCUT2D eigenvalue weighted by atomic mass is 9.97. The highest BCUT2D eigenvalue weighted by Gasteiger charge is 2.24. The number of Topliss-reactive ketones (excluding diaryl/α,β-unsaturated/α-hetero) is 3. The summed E-state index contributed by atoms with van der Waals surface area (Å²) >= 11 is 2.83. The second-order valence-electron chi connectivity index (χ2n) is 19.3. The molecule has 0 aliphatic carbocycles. The summed E-state index contributed by atoms with van der Waals surface area (Å²) in [5, 5.41) is 2.79. The third-order valence-electron chi connectivity index (χ3n) is 13.1. The lowest BCUT2D eigenvalue weighted by molar-refractivity contribution is -0.109. The zero-order valence-electron chi connectivity index (χ0n) is 45.7. The number of aryl methyl sites for hydroxylation is 2. The van der Waals surface area contributed by atoms with Crippen LogP contribution in [0.5, 0.6) is 0 Å². The molecule has 0 saturated carbocycles. The van der Waals surface area contributed by atoms with Crippen molar-refractivity contribution in [3.63, 3.8) is 0 Å². The van der Waals surface area contributed by atoms with Gasteiger partial charge in [0.25, 0.3) is 30.1 Å². The van der Waals surface area contributed by atoms with E-state index in [1.807, 2.05) is 27.0 Å². The number of hydrogen-bond acceptors (Lipinski definition) is 18. The van der Waals surface area contributed by atoms with Gasteiger partial charge in [-0.1, -0.05) is 53.5 Å². The van der Waals surface area contributed by atoms with Crippen LogP contribution in [-0.4, -0.2) is 95.3 Å². The molecule has 0 atom stereocenters. The van der Waals surface area contributed by atoms with Crippen molar-refractivity contribution in [2.24, 2.45) is 0 Å². The molecule has 18 nitrogen and oxygen atoms in total. The Morgan fingerprint density at radius 1 is 0.512 bits per heavy atom. The molecule has 0 saturated heterocycles. The van der Waals surface area contributed by atoms with E-state index in [4.69, 9.17) is 4.74 Å². The van der Waals surface area contributed by atoms with Crippen molar-refractivity contribution in [2.75, 3.05) is 61.8 Å². The van der Waals surface area contributed by atoms with E-state index in [9.17, 15) is 54.0 Å². The van der Waals surface area contributed by atoms with Gasteiger partial charge in [0.15, 0.2) is 32.7 Å². The van der Waals surface area contributed by atoms with Gasteiger partial charge in [-0.2, -0.15) is 0 Å². The third-order valence-corrected chi connectivity index (χ3v) is 19.7. The number of hydrogen-bond donors (Lipinski definition) is 4. The van der Waals surface area contributed by atoms with Gasteiger partial charge in [-0.3, -0.25) is 42.9 Å². The van der Waals surface area contributed by atoms with Crippen molar-refractivity contribution in [2.45, 2.75) is 81.8 Å². The number of rotatable bonds is 18. The summed E-state index contributed by atoms with van der Waals surface area (Å²) in [5.74, 6) is -0.389. The number of ether oxygens (including phenoxy) is 1. The molecule has 0 amide bonds. The number of anilines is 5. The lowest BCUT2D eigenvalue weighted by Crippen LogP contribution is -2.26. The molecule has 432 valence electrons. The van der Waals surface area contributed by atoms with E-state index < -0.39 is 30.1 Å². The summed E-state index contributed by atoms with van der Waals surface area (Å²) in [6.45, 7) is 10.8. The van der Waals surface area contributed by atoms with Gasteiger partial charge in [-0.15, -0.1) is 0 Å². The summed E-state index contributed by atoms with van der Waals surface area (Å²) < 4.78 is 89.3. The van der Waals surface area contributed by atoms with Crippen LogP contribution < -0.4 is 24.4 Å². The van der Waals surface area contributed by atoms with Crippen LogP contribution in [0, 0.1) is 13.8 Å². The van der Waals surface area contributed by atoms with Gasteiger partial charge in [0.2, 0.25) is 0 Å². The Morgan fingerprint density at radius 3 is 1.50 bits per heavy atom. The molecule has 0 aromatic heterocycles. The first-order valence-electron chi connectivity index (χ1n) is 25.6. The van der Waals surface area contributed by atoms with E-state index in [1.165, 1.54) is 62.7 Å². The van der Waals surface area contributed by atoms with Crippen LogP contribution in [-0.2, 0) is 75.2 Å². The summed E-state index contributed by atoms with van der Waals surface area (Å²) in [7, 11) is -9.27. The van der Waals surface area contributed by atoms with Crippen LogP contribution in [0.4, 0.5) is 28.4 Å². The standard InChI is InChI=1S/C21H24N2O4S2.C19H19NO5S2.C18H18N2O4S2/c1-14-11-18(12-20-19(14)5-4-10-23(20)3)29(26,27)22-17-8-6-16(7-9-17)21(25)13-28-15(2)24;1-12-7-16(8-15-9-25-10-18(12)15)20-27(23,24)17-5-3-14(4-6-17)19(22)11-26-13(2)21;1-12(21)25-11-18(22)14-2-5-15(6-3-14)20-26(23,24)16-7-4-13-8-9-19-17(13)10-16/h6-9,11-12,22H,4-5,10,13H2,1-3H3;3-8,20H,9-11H2,1-2H3;2-7,10,19-20H,8-9,11H2,1H3. The van der Waals surface area contributed by atoms with Gasteiger partial charge in [0.1, 0.15) is 0 Å². The number of nitrogens with zero attached hydrogens (tertiary/aromatic N) is 1. The fourth-order valence-corrected chi connectivity index (χ4v) is 13.6. The predicted octanol–water partition coefficient (Wildman–Crippen LogP) is 9.85. The Labute approximate surface area is 490 Å². The summed E-state index contributed by atoms with van der Waals surface area (Å²) in [6, 6.07) is 30.1. The molecule has 9 rings (SSSR count). The Hall–Kier alpha value is -6.80. The highest BCUT2D eigenvalue weighted by molar-refractivity contribution is 8.14. The van der Waals surface area contributed by atoms with Crippen molar-refractivity contribution < 1.29 is 58.8 Å². The van der Waals surface area contributed by atoms with E-state index >= 15 is 0 Å². The summed E-state index contributed by atoms with van der Waals surface area (Å²) in [5.41, 5.74) is 10.6. The van der Waals surface area contributed by atoms with Crippen molar-refractivity contribution in [3.8, 4) is 0 Å². The molecule has 3 aliphatic rings. The molecule has 6 aromatic rings. The monoisotopic (exact) mass is 1230 g/mol. The normalized spacial score (nSPS) is 13.3. The minimum Gasteiger partial charge on any atom is -0.384 e. The quantitative estimate of drug-likeness (QED) is 0.0583. The Bertz CT molecular complexity index is 3780. The Morgan fingerprint density at radius 2 is 0.976 bits per heavy atom. The largest absolute Gasteiger partial charge is 0.384 e. The van der Waals surface area contributed by atoms with Gasteiger partial charge in [0, 0.05) is 86.0 Å². The lowest BCUT2D eigenvalue weighted by Gasteiger charge is -2.29. The average molecular weight is 1230 g/mol. The Kier molecular flexibility index (Phi) is 21.1. The van der Waals surface area contributed by atoms with E-state index in [2.05, 4.69) is 24.4 Å². The molecular formula is C58H61N5O13S6. The van der Waals surface area contributed by atoms with Crippen molar-refractivity contribution in [1.29, 1.82) is 0 Å². The molecule has 24 heteroatoms. The van der Waals surface area contributed by atoms with E-state index in [1.54, 1.807) is 72.8 Å². The van der Waals surface area contributed by atoms with Crippen LogP contribution in [0.1, 0.15) is 91.6 Å². The first-order valence-corrected chi connectivity index (χ1v) is 33.0. The molecule has 0 radical (unpaired) electrons. The molecule has 4 N–H and O–H groups in total. The maximum absolute atomic E-state index is 12.9. The van der Waals surface area contributed by atoms with Crippen LogP contribution in [0.15, 0.2) is 130 Å². The SMILES string of the molecule is CC(=O)SCC(=O)c1ccc(NS(=O)(=O)c2cc(C)c3c(c2)N(C)CCC3)cc1.CC(=O)SCC(=O)c1ccc(NS(=O)(=O)c2ccc3c(c2)NCC3)cc1.CC(=O)SCC(=O)c1ccc(S(=O)(=O)Nc2cc(C)c3c(c2)COC3)cc1. The van der Waals surface area contributed by atoms with Gasteiger partial charge >= 0.3 is 0 Å². The second-order valence-corrected chi connectivity index (χ2v) is 27.8. The first kappa shape index (κ1) is 62.8. The van der Waals surface area contributed by atoms with Gasteiger partial charge in [-0.05, 0) is 164 Å². The highest BCUT2D eigenvalue weighted by atomic mass is 32.2. The summed E-state index contributed by atoms with van der Waals surface area (Å²) in [4.78, 5) is 71.4. The van der Waals surface area contributed by atoms with Crippen LogP contribution in [0.25, 0.3) is 0 Å². The molecule has 0 bridgehead atoms. The predicted molar refractivity (Wildman–Crippen MR) is 325 cm³/mol. The van der Waals surface area contributed by atoms with Crippen LogP contribution in [0.2, 0.25) is 0 Å². The maximum Gasteiger partial charge on any atom is 0.261 e. The molecule has 0 fully saturated rings. The maximum atomic E-state index is 12.9. The van der Waals surface area contributed by atoms with Crippen molar-refractivity contribution in [3.05, 3.63) is 165 Å². The molecular weight excluding hydrogens is 1170 g/mol. The first-order chi connectivity index (χ1) is 38.8. The number of sulfonamides is 3. The van der Waals surface area contributed by atoms with Crippen molar-refractivity contribution in [1.82, 2.24) is 0 Å². The van der Waals surface area contributed by atoms with Gasteiger partial charge in [-0.25, -0.2) is 25.3 Å². The fraction of sp³-hybridized carbons (Fsp3) is 0.276. The minimum atomic E-state index is -3.78. The van der Waals surface area contributed by atoms with Crippen LogP contribution >= 0.6 is 35.3 Å². The molecule has 0 spiro atoms. The number of fused-ring (bicyclic) bond motifs is 3. The van der Waals surface area contributed by atoms with Crippen LogP contribution in [0.3, 0.4) is 0 Å². The number of carbonyl (C=O) groups excluding carboxylic acids is 6.